The Balaban J connectivity index is 0.000000184. The molecule has 2 nitrogen and oxygen atoms in total. The van der Waals surface area contributed by atoms with E-state index in [0.717, 1.165) is 46.6 Å². The van der Waals surface area contributed by atoms with Crippen molar-refractivity contribution in [3.05, 3.63) is 75.0 Å². The summed E-state index contributed by atoms with van der Waals surface area (Å²) in [4.78, 5) is 8.10. The molecule has 0 fully saturated rings. The summed E-state index contributed by atoms with van der Waals surface area (Å²) in [6, 6.07) is 14.1. The van der Waals surface area contributed by atoms with Crippen molar-refractivity contribution in [2.24, 2.45) is 5.92 Å². The molecule has 160 valence electrons. The van der Waals surface area contributed by atoms with E-state index < -0.39 is 0 Å². The average molecular weight is 443 g/mol. The Morgan fingerprint density at radius 1 is 1.03 bits per heavy atom. The van der Waals surface area contributed by atoms with Crippen molar-refractivity contribution in [2.45, 2.75) is 65.7 Å². The van der Waals surface area contributed by atoms with Crippen LogP contribution in [0.1, 0.15) is 62.5 Å². The van der Waals surface area contributed by atoms with Crippen molar-refractivity contribution in [2.75, 3.05) is 0 Å². The van der Waals surface area contributed by atoms with Gasteiger partial charge in [0.1, 0.15) is 5.82 Å². The molecule has 3 aromatic rings. The highest BCUT2D eigenvalue weighted by atomic mass is 35.5. The number of halogens is 2. The van der Waals surface area contributed by atoms with Gasteiger partial charge in [-0.15, -0.1) is 0 Å². The highest BCUT2D eigenvalue weighted by Crippen LogP contribution is 2.30. The second-order valence-electron chi connectivity index (χ2n) is 8.17. The molecule has 1 N–H and O–H groups in total. The smallest absolute Gasteiger partial charge is 0.139 e. The van der Waals surface area contributed by atoms with Crippen LogP contribution in [0.15, 0.2) is 42.5 Å². The zero-order valence-corrected chi connectivity index (χ0v) is 19.8. The van der Waals surface area contributed by atoms with Crippen LogP contribution in [0.5, 0.6) is 0 Å². The number of imidazole rings is 1. The van der Waals surface area contributed by atoms with Gasteiger partial charge in [-0.1, -0.05) is 74.7 Å². The second-order valence-corrected chi connectivity index (χ2v) is 8.99. The van der Waals surface area contributed by atoms with Crippen LogP contribution in [0, 0.1) is 5.92 Å². The first-order valence-electron chi connectivity index (χ1n) is 11.1. The van der Waals surface area contributed by atoms with Crippen molar-refractivity contribution in [1.29, 1.82) is 0 Å². The van der Waals surface area contributed by atoms with Crippen molar-refractivity contribution in [3.8, 4) is 11.4 Å². The molecule has 0 saturated heterocycles. The molecule has 1 aliphatic carbocycles. The van der Waals surface area contributed by atoms with Crippen LogP contribution in [0.3, 0.4) is 0 Å². The van der Waals surface area contributed by atoms with E-state index in [-0.39, 0.29) is 0 Å². The molecule has 0 spiro atoms. The molecule has 4 heteroatoms. The summed E-state index contributed by atoms with van der Waals surface area (Å²) in [5, 5.41) is 1.70. The van der Waals surface area contributed by atoms with Gasteiger partial charge in [0, 0.05) is 16.3 Å². The molecule has 1 unspecified atom stereocenters. The van der Waals surface area contributed by atoms with Crippen LogP contribution in [-0.4, -0.2) is 9.97 Å². The number of hydrogen-bond donors (Lipinski definition) is 1. The fraction of sp³-hybridized carbons (Fsp3) is 0.423. The standard InChI is InChI=1S/C15H19ClN2.C11H13Cl/c1-3-5-10-14-13(4-2)17-15(18-14)11-8-6-7-9-12(11)16;1-8-5-6-10-9(7-8)3-2-4-11(10)12/h6-9H,3-5,10H2,1-2H3,(H,17,18);2-4,8H,5-7H2,1H3. The third-order valence-corrected chi connectivity index (χ3v) is 6.46. The van der Waals surface area contributed by atoms with Gasteiger partial charge in [-0.3, -0.25) is 0 Å². The van der Waals surface area contributed by atoms with Gasteiger partial charge in [0.15, 0.2) is 0 Å². The molecule has 1 aliphatic rings. The van der Waals surface area contributed by atoms with Gasteiger partial charge in [0.25, 0.3) is 0 Å². The second kappa shape index (κ2) is 11.0. The third kappa shape index (κ3) is 5.68. The quantitative estimate of drug-likeness (QED) is 0.424. The van der Waals surface area contributed by atoms with Crippen molar-refractivity contribution < 1.29 is 0 Å². The number of aromatic nitrogens is 2. The lowest BCUT2D eigenvalue weighted by molar-refractivity contribution is 0.501. The summed E-state index contributed by atoms with van der Waals surface area (Å²) < 4.78 is 0. The first-order chi connectivity index (χ1) is 14.5. The zero-order valence-electron chi connectivity index (χ0n) is 18.3. The summed E-state index contributed by atoms with van der Waals surface area (Å²) in [6.45, 7) is 6.66. The molecule has 0 bridgehead atoms. The SMILES string of the molecule is CC1CCc2c(Cl)cccc2C1.CCCCc1[nH]c(-c2ccccc2Cl)nc1CC. The monoisotopic (exact) mass is 442 g/mol. The van der Waals surface area contributed by atoms with Crippen LogP contribution in [-0.2, 0) is 25.7 Å². The van der Waals surface area contributed by atoms with Gasteiger partial charge in [0.05, 0.1) is 10.7 Å². The topological polar surface area (TPSA) is 28.7 Å². The molecular weight excluding hydrogens is 411 g/mol. The van der Waals surface area contributed by atoms with Crippen LogP contribution >= 0.6 is 23.2 Å². The minimum Gasteiger partial charge on any atom is -0.342 e. The number of benzene rings is 2. The molecular formula is C26H32Cl2N2. The molecule has 30 heavy (non-hydrogen) atoms. The third-order valence-electron chi connectivity index (χ3n) is 5.78. The minimum atomic E-state index is 0.746. The lowest BCUT2D eigenvalue weighted by atomic mass is 9.85. The summed E-state index contributed by atoms with van der Waals surface area (Å²) in [5.41, 5.74) is 6.25. The lowest BCUT2D eigenvalue weighted by Crippen LogP contribution is -2.11. The van der Waals surface area contributed by atoms with Crippen molar-refractivity contribution >= 4 is 23.2 Å². The molecule has 0 amide bonds. The largest absolute Gasteiger partial charge is 0.342 e. The van der Waals surface area contributed by atoms with E-state index >= 15 is 0 Å². The summed E-state index contributed by atoms with van der Waals surface area (Å²) in [6.07, 6.45) is 8.07. The number of hydrogen-bond acceptors (Lipinski definition) is 1. The molecule has 1 heterocycles. The highest BCUT2D eigenvalue weighted by Gasteiger charge is 2.16. The maximum Gasteiger partial charge on any atom is 0.139 e. The maximum atomic E-state index is 6.21. The molecule has 1 aromatic heterocycles. The Morgan fingerprint density at radius 2 is 1.80 bits per heavy atom. The van der Waals surface area contributed by atoms with E-state index in [1.54, 1.807) is 0 Å². The van der Waals surface area contributed by atoms with E-state index in [0.29, 0.717) is 0 Å². The molecule has 1 atom stereocenters. The van der Waals surface area contributed by atoms with Crippen molar-refractivity contribution in [1.82, 2.24) is 9.97 Å². The van der Waals surface area contributed by atoms with Gasteiger partial charge in [-0.2, -0.15) is 0 Å². The number of nitrogens with one attached hydrogen (secondary N) is 1. The molecule has 2 aromatic carbocycles. The van der Waals surface area contributed by atoms with Gasteiger partial charge in [0.2, 0.25) is 0 Å². The van der Waals surface area contributed by atoms with Gasteiger partial charge in [-0.05, 0) is 73.8 Å². The van der Waals surface area contributed by atoms with Gasteiger partial charge in [-0.25, -0.2) is 4.98 Å². The van der Waals surface area contributed by atoms with Crippen LogP contribution in [0.25, 0.3) is 11.4 Å². The number of H-pyrrole nitrogens is 1. The molecule has 4 rings (SSSR count). The summed E-state index contributed by atoms with van der Waals surface area (Å²) in [5.74, 6) is 1.72. The molecule has 0 aliphatic heterocycles. The number of unbranched alkanes of at least 4 members (excludes halogenated alkanes) is 1. The average Bonchev–Trinajstić information content (AvgIpc) is 3.16. The first-order valence-corrected chi connectivity index (χ1v) is 11.9. The maximum absolute atomic E-state index is 6.21. The zero-order chi connectivity index (χ0) is 21.5. The Kier molecular flexibility index (Phi) is 8.41. The lowest BCUT2D eigenvalue weighted by Gasteiger charge is -2.21. The predicted octanol–water partition coefficient (Wildman–Crippen LogP) is 8.10. The van der Waals surface area contributed by atoms with Gasteiger partial charge >= 0.3 is 0 Å². The number of aryl methyl sites for hydroxylation is 2. The van der Waals surface area contributed by atoms with Gasteiger partial charge < -0.3 is 4.98 Å². The first kappa shape index (κ1) is 22.9. The van der Waals surface area contributed by atoms with Crippen molar-refractivity contribution in [3.63, 3.8) is 0 Å². The van der Waals surface area contributed by atoms with E-state index in [1.807, 2.05) is 30.3 Å². The normalized spacial score (nSPS) is 15.3. The fourth-order valence-corrected chi connectivity index (χ4v) is 4.54. The number of aromatic amines is 1. The Labute approximate surface area is 191 Å². The fourth-order valence-electron chi connectivity index (χ4n) is 4.02. The highest BCUT2D eigenvalue weighted by molar-refractivity contribution is 6.33. The molecule has 0 radical (unpaired) electrons. The van der Waals surface area contributed by atoms with E-state index in [9.17, 15) is 0 Å². The predicted molar refractivity (Wildman–Crippen MR) is 130 cm³/mol. The Hall–Kier alpha value is -1.77. The Morgan fingerprint density at radius 3 is 2.53 bits per heavy atom. The Bertz CT molecular complexity index is 961. The summed E-state index contributed by atoms with van der Waals surface area (Å²) >= 11 is 12.3. The number of nitrogens with zero attached hydrogens (tertiary/aromatic N) is 1. The van der Waals surface area contributed by atoms with Crippen LogP contribution in [0.2, 0.25) is 10.0 Å². The molecule has 0 saturated carbocycles. The number of fused-ring (bicyclic) bond motifs is 1. The van der Waals surface area contributed by atoms with Crippen LogP contribution < -0.4 is 0 Å². The van der Waals surface area contributed by atoms with E-state index in [4.69, 9.17) is 23.2 Å². The van der Waals surface area contributed by atoms with Crippen LogP contribution in [0.4, 0.5) is 0 Å². The number of rotatable bonds is 5. The minimum absolute atomic E-state index is 0.746. The van der Waals surface area contributed by atoms with E-state index in [1.165, 1.54) is 48.2 Å². The van der Waals surface area contributed by atoms with E-state index in [2.05, 4.69) is 42.9 Å². The summed E-state index contributed by atoms with van der Waals surface area (Å²) in [7, 11) is 0.